The molecule has 1 aliphatic carbocycles. The van der Waals surface area contributed by atoms with E-state index in [4.69, 9.17) is 0 Å². The quantitative estimate of drug-likeness (QED) is 0.918. The number of benzene rings is 1. The molecular weight excluding hydrogens is 274 g/mol. The van der Waals surface area contributed by atoms with Crippen molar-refractivity contribution in [2.24, 2.45) is 0 Å². The number of nitrogens with zero attached hydrogens (tertiary/aromatic N) is 2. The van der Waals surface area contributed by atoms with Crippen LogP contribution in [0.1, 0.15) is 55.1 Å². The number of hydrogen-bond donors (Lipinski definition) is 1. The molecular formula is C18H23N3O. The summed E-state index contributed by atoms with van der Waals surface area (Å²) < 4.78 is 1.90. The molecule has 1 saturated carbocycles. The van der Waals surface area contributed by atoms with Crippen LogP contribution in [0, 0.1) is 0 Å². The third-order valence-electron chi connectivity index (χ3n) is 4.29. The van der Waals surface area contributed by atoms with Crippen LogP contribution < -0.4 is 5.32 Å². The standard InChI is InChI=1S/C18H23N3O/c1-2-8-17-16(18(22)20-14-9-6-7-10-14)13-19-21(17)15-11-4-3-5-12-15/h3-5,11-14H,2,6-10H2,1H3,(H,20,22). The van der Waals surface area contributed by atoms with Gasteiger partial charge in [-0.05, 0) is 31.4 Å². The summed E-state index contributed by atoms with van der Waals surface area (Å²) in [4.78, 5) is 12.6. The molecule has 1 heterocycles. The Bertz CT molecular complexity index is 627. The van der Waals surface area contributed by atoms with Gasteiger partial charge in [-0.2, -0.15) is 5.10 Å². The van der Waals surface area contributed by atoms with E-state index in [0.29, 0.717) is 6.04 Å². The number of hydrogen-bond acceptors (Lipinski definition) is 2. The fraction of sp³-hybridized carbons (Fsp3) is 0.444. The Morgan fingerprint density at radius 1 is 1.27 bits per heavy atom. The van der Waals surface area contributed by atoms with Crippen LogP contribution in [0.25, 0.3) is 5.69 Å². The van der Waals surface area contributed by atoms with Crippen molar-refractivity contribution >= 4 is 5.91 Å². The largest absolute Gasteiger partial charge is 0.349 e. The maximum atomic E-state index is 12.6. The highest BCUT2D eigenvalue weighted by atomic mass is 16.1. The fourth-order valence-corrected chi connectivity index (χ4v) is 3.17. The van der Waals surface area contributed by atoms with E-state index in [1.54, 1.807) is 6.20 Å². The Morgan fingerprint density at radius 3 is 2.68 bits per heavy atom. The number of aromatic nitrogens is 2. The number of nitrogens with one attached hydrogen (secondary N) is 1. The molecule has 0 saturated heterocycles. The Labute approximate surface area is 131 Å². The van der Waals surface area contributed by atoms with Gasteiger partial charge in [0.1, 0.15) is 0 Å². The summed E-state index contributed by atoms with van der Waals surface area (Å²) in [5, 5.41) is 7.62. The minimum atomic E-state index is 0.0255. The van der Waals surface area contributed by atoms with Crippen molar-refractivity contribution in [2.45, 2.75) is 51.5 Å². The number of para-hydroxylation sites is 1. The highest BCUT2D eigenvalue weighted by Crippen LogP contribution is 2.20. The number of carbonyl (C=O) groups excluding carboxylic acids is 1. The van der Waals surface area contributed by atoms with Crippen LogP contribution in [0.4, 0.5) is 0 Å². The second-order valence-corrected chi connectivity index (χ2v) is 5.96. The zero-order valence-corrected chi connectivity index (χ0v) is 13.1. The van der Waals surface area contributed by atoms with Crippen LogP contribution >= 0.6 is 0 Å². The summed E-state index contributed by atoms with van der Waals surface area (Å²) in [5.41, 5.74) is 2.73. The molecule has 0 atom stereocenters. The summed E-state index contributed by atoms with van der Waals surface area (Å²) in [6, 6.07) is 10.3. The van der Waals surface area contributed by atoms with E-state index in [9.17, 15) is 4.79 Å². The summed E-state index contributed by atoms with van der Waals surface area (Å²) >= 11 is 0. The maximum absolute atomic E-state index is 12.6. The smallest absolute Gasteiger partial charge is 0.254 e. The van der Waals surface area contributed by atoms with Gasteiger partial charge in [-0.1, -0.05) is 44.4 Å². The van der Waals surface area contributed by atoms with Crippen LogP contribution in [-0.2, 0) is 6.42 Å². The SMILES string of the molecule is CCCc1c(C(=O)NC2CCCC2)cnn1-c1ccccc1. The molecule has 1 amide bonds. The normalized spacial score (nSPS) is 15.1. The second-order valence-electron chi connectivity index (χ2n) is 5.96. The van der Waals surface area contributed by atoms with E-state index in [1.165, 1.54) is 12.8 Å². The average molecular weight is 297 g/mol. The van der Waals surface area contributed by atoms with E-state index in [-0.39, 0.29) is 5.91 Å². The number of rotatable bonds is 5. The first-order chi connectivity index (χ1) is 10.8. The topological polar surface area (TPSA) is 46.9 Å². The van der Waals surface area contributed by atoms with Gasteiger partial charge in [0.05, 0.1) is 23.1 Å². The van der Waals surface area contributed by atoms with Gasteiger partial charge in [-0.25, -0.2) is 4.68 Å². The van der Waals surface area contributed by atoms with E-state index in [2.05, 4.69) is 17.3 Å². The Hall–Kier alpha value is -2.10. The van der Waals surface area contributed by atoms with Gasteiger partial charge < -0.3 is 5.32 Å². The molecule has 0 radical (unpaired) electrons. The van der Waals surface area contributed by atoms with E-state index >= 15 is 0 Å². The molecule has 0 unspecified atom stereocenters. The van der Waals surface area contributed by atoms with Crippen LogP contribution in [0.15, 0.2) is 36.5 Å². The molecule has 22 heavy (non-hydrogen) atoms. The lowest BCUT2D eigenvalue weighted by Gasteiger charge is -2.13. The summed E-state index contributed by atoms with van der Waals surface area (Å²) in [7, 11) is 0. The van der Waals surface area contributed by atoms with Crippen molar-refractivity contribution in [3.63, 3.8) is 0 Å². The van der Waals surface area contributed by atoms with Gasteiger partial charge in [0, 0.05) is 6.04 Å². The first-order valence-electron chi connectivity index (χ1n) is 8.22. The van der Waals surface area contributed by atoms with Crippen molar-refractivity contribution < 1.29 is 4.79 Å². The van der Waals surface area contributed by atoms with Gasteiger partial charge in [-0.3, -0.25) is 4.79 Å². The fourth-order valence-electron chi connectivity index (χ4n) is 3.17. The molecule has 1 N–H and O–H groups in total. The number of amides is 1. The molecule has 3 rings (SSSR count). The predicted molar refractivity (Wildman–Crippen MR) is 87.3 cm³/mol. The van der Waals surface area contributed by atoms with Crippen molar-refractivity contribution in [3.8, 4) is 5.69 Å². The maximum Gasteiger partial charge on any atom is 0.254 e. The first-order valence-corrected chi connectivity index (χ1v) is 8.22. The van der Waals surface area contributed by atoms with Gasteiger partial charge in [0.25, 0.3) is 5.91 Å². The van der Waals surface area contributed by atoms with Gasteiger partial charge in [-0.15, -0.1) is 0 Å². The highest BCUT2D eigenvalue weighted by molar-refractivity contribution is 5.95. The molecule has 4 heteroatoms. The molecule has 0 aliphatic heterocycles. The monoisotopic (exact) mass is 297 g/mol. The molecule has 0 bridgehead atoms. The summed E-state index contributed by atoms with van der Waals surface area (Å²) in [5.74, 6) is 0.0255. The third-order valence-corrected chi connectivity index (χ3v) is 4.29. The first kappa shape index (κ1) is 14.8. The van der Waals surface area contributed by atoms with Crippen molar-refractivity contribution in [2.75, 3.05) is 0 Å². The Kier molecular flexibility index (Phi) is 4.56. The Morgan fingerprint density at radius 2 is 2.00 bits per heavy atom. The van der Waals surface area contributed by atoms with E-state index < -0.39 is 0 Å². The van der Waals surface area contributed by atoms with Gasteiger partial charge >= 0.3 is 0 Å². The van der Waals surface area contributed by atoms with Crippen molar-refractivity contribution in [1.82, 2.24) is 15.1 Å². The van der Waals surface area contributed by atoms with E-state index in [1.807, 2.05) is 35.0 Å². The summed E-state index contributed by atoms with van der Waals surface area (Å²) in [6.45, 7) is 2.13. The Balaban J connectivity index is 1.87. The second kappa shape index (κ2) is 6.77. The molecule has 1 fully saturated rings. The molecule has 1 aromatic heterocycles. The predicted octanol–water partition coefficient (Wildman–Crippen LogP) is 3.50. The molecule has 2 aromatic rings. The lowest BCUT2D eigenvalue weighted by atomic mass is 10.1. The van der Waals surface area contributed by atoms with Crippen molar-refractivity contribution in [1.29, 1.82) is 0 Å². The molecule has 1 aliphatic rings. The average Bonchev–Trinajstić information content (AvgIpc) is 3.18. The van der Waals surface area contributed by atoms with E-state index in [0.717, 1.165) is 42.6 Å². The highest BCUT2D eigenvalue weighted by Gasteiger charge is 2.22. The zero-order chi connectivity index (χ0) is 15.4. The summed E-state index contributed by atoms with van der Waals surface area (Å²) in [6.07, 6.45) is 8.18. The van der Waals surface area contributed by atoms with Crippen LogP contribution in [0.2, 0.25) is 0 Å². The lowest BCUT2D eigenvalue weighted by Crippen LogP contribution is -2.33. The van der Waals surface area contributed by atoms with Crippen LogP contribution in [-0.4, -0.2) is 21.7 Å². The van der Waals surface area contributed by atoms with Crippen LogP contribution in [0.3, 0.4) is 0 Å². The van der Waals surface area contributed by atoms with Gasteiger partial charge in [0.15, 0.2) is 0 Å². The minimum absolute atomic E-state index is 0.0255. The molecule has 0 spiro atoms. The number of carbonyl (C=O) groups is 1. The lowest BCUT2D eigenvalue weighted by molar-refractivity contribution is 0.0937. The van der Waals surface area contributed by atoms with Crippen LogP contribution in [0.5, 0.6) is 0 Å². The van der Waals surface area contributed by atoms with Crippen molar-refractivity contribution in [3.05, 3.63) is 47.8 Å². The van der Waals surface area contributed by atoms with Gasteiger partial charge in [0.2, 0.25) is 0 Å². The zero-order valence-electron chi connectivity index (χ0n) is 13.1. The molecule has 1 aromatic carbocycles. The molecule has 116 valence electrons. The third kappa shape index (κ3) is 3.06. The minimum Gasteiger partial charge on any atom is -0.349 e. The molecule has 4 nitrogen and oxygen atoms in total.